The fourth-order valence-corrected chi connectivity index (χ4v) is 2.14. The monoisotopic (exact) mass is 370 g/mol. The molecule has 2 heterocycles. The van der Waals surface area contributed by atoms with E-state index >= 15 is 0 Å². The molecule has 0 saturated carbocycles. The van der Waals surface area contributed by atoms with Crippen molar-refractivity contribution in [3.63, 3.8) is 0 Å². The molecule has 2 rings (SSSR count). The third-order valence-corrected chi connectivity index (χ3v) is 3.58. The second-order valence-corrected chi connectivity index (χ2v) is 5.13. The predicted molar refractivity (Wildman–Crippen MR) is 83.0 cm³/mol. The minimum absolute atomic E-state index is 0.116. The Kier molecular flexibility index (Phi) is 5.02. The Morgan fingerprint density at radius 3 is 2.64 bits per heavy atom. The number of esters is 1. The summed E-state index contributed by atoms with van der Waals surface area (Å²) in [6, 6.07) is 1.71. The lowest BCUT2D eigenvalue weighted by molar-refractivity contribution is 0.0494. The van der Waals surface area contributed by atoms with Crippen LogP contribution in [0, 0.1) is 6.92 Å². The number of fused-ring (bicyclic) bond motifs is 1. The van der Waals surface area contributed by atoms with Crippen LogP contribution >= 0.6 is 15.9 Å². The van der Waals surface area contributed by atoms with E-state index in [4.69, 9.17) is 13.9 Å². The van der Waals surface area contributed by atoms with Gasteiger partial charge in [0.25, 0.3) is 0 Å². The molecule has 0 radical (unpaired) electrons. The average Bonchev–Trinajstić information content (AvgIpc) is 2.78. The zero-order valence-electron chi connectivity index (χ0n) is 12.4. The van der Waals surface area contributed by atoms with Gasteiger partial charge in [-0.2, -0.15) is 0 Å². The highest BCUT2D eigenvalue weighted by molar-refractivity contribution is 9.10. The van der Waals surface area contributed by atoms with E-state index in [2.05, 4.69) is 26.2 Å². The second kappa shape index (κ2) is 6.78. The van der Waals surface area contributed by atoms with Crippen molar-refractivity contribution in [1.29, 1.82) is 0 Å². The molecule has 2 aromatic rings. The third-order valence-electron chi connectivity index (χ3n) is 2.77. The molecule has 7 nitrogen and oxygen atoms in total. The molecule has 0 aliphatic carbocycles. The maximum Gasteiger partial charge on any atom is 0.411 e. The van der Waals surface area contributed by atoms with Gasteiger partial charge in [0.05, 0.1) is 24.3 Å². The van der Waals surface area contributed by atoms with Crippen LogP contribution in [-0.4, -0.2) is 30.3 Å². The van der Waals surface area contributed by atoms with E-state index in [0.717, 1.165) is 4.47 Å². The highest BCUT2D eigenvalue weighted by Gasteiger charge is 2.25. The van der Waals surface area contributed by atoms with Gasteiger partial charge in [-0.05, 0) is 42.8 Å². The van der Waals surface area contributed by atoms with Crippen LogP contribution in [0.15, 0.2) is 15.0 Å². The first kappa shape index (κ1) is 16.3. The molecule has 1 N–H and O–H groups in total. The van der Waals surface area contributed by atoms with Crippen LogP contribution in [0.1, 0.15) is 30.1 Å². The highest BCUT2D eigenvalue weighted by Crippen LogP contribution is 2.33. The molecule has 0 fully saturated rings. The molecule has 0 bridgehead atoms. The molecular weight excluding hydrogens is 356 g/mol. The van der Waals surface area contributed by atoms with E-state index in [9.17, 15) is 9.59 Å². The van der Waals surface area contributed by atoms with Gasteiger partial charge in [-0.15, -0.1) is 0 Å². The van der Waals surface area contributed by atoms with Crippen LogP contribution < -0.4 is 5.32 Å². The molecule has 0 aromatic carbocycles. The number of hydrogen-bond acceptors (Lipinski definition) is 6. The first-order chi connectivity index (χ1) is 10.5. The number of aromatic nitrogens is 1. The fraction of sp³-hybridized carbons (Fsp3) is 0.357. The molecule has 8 heteroatoms. The summed E-state index contributed by atoms with van der Waals surface area (Å²) in [5.74, 6) is -0.795. The summed E-state index contributed by atoms with van der Waals surface area (Å²) in [7, 11) is 0. The van der Waals surface area contributed by atoms with Crippen LogP contribution in [0.4, 0.5) is 10.5 Å². The van der Waals surface area contributed by atoms with E-state index in [1.807, 2.05) is 0 Å². The Morgan fingerprint density at radius 1 is 1.32 bits per heavy atom. The number of carbonyl (C=O) groups excluding carboxylic acids is 2. The molecule has 0 atom stereocenters. The van der Waals surface area contributed by atoms with E-state index in [1.54, 1.807) is 26.8 Å². The van der Waals surface area contributed by atoms with Crippen molar-refractivity contribution in [2.75, 3.05) is 18.5 Å². The minimum Gasteiger partial charge on any atom is -0.460 e. The number of nitrogens with one attached hydrogen (secondary N) is 1. The third kappa shape index (κ3) is 3.22. The summed E-state index contributed by atoms with van der Waals surface area (Å²) >= 11 is 3.36. The van der Waals surface area contributed by atoms with Gasteiger partial charge in [0.1, 0.15) is 5.69 Å². The lowest BCUT2D eigenvalue weighted by atomic mass is 10.2. The number of ether oxygens (including phenoxy) is 2. The van der Waals surface area contributed by atoms with Crippen molar-refractivity contribution in [3.8, 4) is 0 Å². The topological polar surface area (TPSA) is 90.7 Å². The van der Waals surface area contributed by atoms with Crippen LogP contribution in [0.3, 0.4) is 0 Å². The number of hydrogen-bond donors (Lipinski definition) is 1. The molecule has 0 aliphatic heterocycles. The first-order valence-corrected chi connectivity index (χ1v) is 7.47. The van der Waals surface area contributed by atoms with E-state index in [0.29, 0.717) is 11.1 Å². The van der Waals surface area contributed by atoms with Gasteiger partial charge in [-0.1, -0.05) is 0 Å². The van der Waals surface area contributed by atoms with Crippen molar-refractivity contribution < 1.29 is 23.5 Å². The summed E-state index contributed by atoms with van der Waals surface area (Å²) in [5.41, 5.74) is 1.11. The molecule has 0 saturated heterocycles. The number of nitrogens with zero attached hydrogens (tertiary/aromatic N) is 1. The van der Waals surface area contributed by atoms with Gasteiger partial charge in [0.15, 0.2) is 0 Å². The van der Waals surface area contributed by atoms with Crippen LogP contribution in [-0.2, 0) is 9.47 Å². The molecule has 22 heavy (non-hydrogen) atoms. The molecule has 0 spiro atoms. The number of aryl methyl sites for hydroxylation is 1. The smallest absolute Gasteiger partial charge is 0.411 e. The van der Waals surface area contributed by atoms with E-state index in [-0.39, 0.29) is 30.4 Å². The summed E-state index contributed by atoms with van der Waals surface area (Å²) in [4.78, 5) is 27.9. The Morgan fingerprint density at radius 2 is 2.00 bits per heavy atom. The van der Waals surface area contributed by atoms with E-state index in [1.165, 1.54) is 0 Å². The Hall–Kier alpha value is -2.09. The number of rotatable bonds is 4. The van der Waals surface area contributed by atoms with Crippen LogP contribution in [0.25, 0.3) is 11.1 Å². The van der Waals surface area contributed by atoms with Gasteiger partial charge in [-0.25, -0.2) is 14.6 Å². The van der Waals surface area contributed by atoms with Crippen molar-refractivity contribution in [2.24, 2.45) is 0 Å². The summed E-state index contributed by atoms with van der Waals surface area (Å²) < 4.78 is 15.9. The maximum atomic E-state index is 12.0. The molecule has 118 valence electrons. The van der Waals surface area contributed by atoms with Crippen LogP contribution in [0.2, 0.25) is 0 Å². The molecule has 1 amide bonds. The highest BCUT2D eigenvalue weighted by atomic mass is 79.9. The predicted octanol–water partition coefficient (Wildman–Crippen LogP) is 3.64. The SMILES string of the molecule is CCOC(=O)Nc1c(C(=O)OCC)oc2nc(C)c(Br)cc12. The van der Waals surface area contributed by atoms with Gasteiger partial charge < -0.3 is 13.9 Å². The standard InChI is InChI=1S/C14H15BrN2O5/c1-4-20-13(18)11-10(17-14(19)21-5-2)8-6-9(15)7(3)16-12(8)22-11/h6H,4-5H2,1-3H3,(H,17,19). The number of pyridine rings is 1. The number of anilines is 1. The van der Waals surface area contributed by atoms with Crippen molar-refractivity contribution in [1.82, 2.24) is 4.98 Å². The summed E-state index contributed by atoms with van der Waals surface area (Å²) in [6.45, 7) is 5.54. The van der Waals surface area contributed by atoms with Gasteiger partial charge in [-0.3, -0.25) is 5.32 Å². The average molecular weight is 371 g/mol. The van der Waals surface area contributed by atoms with Crippen molar-refractivity contribution >= 4 is 44.8 Å². The fourth-order valence-electron chi connectivity index (χ4n) is 1.82. The quantitative estimate of drug-likeness (QED) is 0.826. The number of carbonyl (C=O) groups is 2. The zero-order valence-corrected chi connectivity index (χ0v) is 13.9. The van der Waals surface area contributed by atoms with Crippen molar-refractivity contribution in [3.05, 3.63) is 22.0 Å². The van der Waals surface area contributed by atoms with Gasteiger partial charge >= 0.3 is 12.1 Å². The maximum absolute atomic E-state index is 12.0. The lowest BCUT2D eigenvalue weighted by Crippen LogP contribution is -2.15. The summed E-state index contributed by atoms with van der Waals surface area (Å²) in [5, 5.41) is 2.98. The molecule has 0 unspecified atom stereocenters. The van der Waals surface area contributed by atoms with Crippen molar-refractivity contribution in [2.45, 2.75) is 20.8 Å². The first-order valence-electron chi connectivity index (χ1n) is 6.68. The molecule has 0 aliphatic rings. The lowest BCUT2D eigenvalue weighted by Gasteiger charge is -2.05. The normalized spacial score (nSPS) is 10.5. The Bertz CT molecular complexity index is 726. The number of halogens is 1. The summed E-state index contributed by atoms with van der Waals surface area (Å²) in [6.07, 6.45) is -0.688. The number of amides is 1. The van der Waals surface area contributed by atoms with Gasteiger partial charge in [0.2, 0.25) is 11.5 Å². The second-order valence-electron chi connectivity index (χ2n) is 4.28. The Labute approximate surface area is 135 Å². The Balaban J connectivity index is 2.56. The van der Waals surface area contributed by atoms with E-state index < -0.39 is 12.1 Å². The minimum atomic E-state index is -0.688. The molecule has 2 aromatic heterocycles. The number of furan rings is 1. The molecular formula is C14H15BrN2O5. The zero-order chi connectivity index (χ0) is 16.3. The largest absolute Gasteiger partial charge is 0.460 e. The van der Waals surface area contributed by atoms with Gasteiger partial charge in [0, 0.05) is 4.47 Å². The van der Waals surface area contributed by atoms with Crippen LogP contribution in [0.5, 0.6) is 0 Å².